The van der Waals surface area contributed by atoms with Crippen molar-refractivity contribution in [3.8, 4) is 6.07 Å². The molecule has 0 fully saturated rings. The topological polar surface area (TPSA) is 71.9 Å². The van der Waals surface area contributed by atoms with Crippen molar-refractivity contribution in [2.24, 2.45) is 0 Å². The Morgan fingerprint density at radius 3 is 2.73 bits per heavy atom. The minimum Gasteiger partial charge on any atom is -0.342 e. The van der Waals surface area contributed by atoms with Gasteiger partial charge in [0.05, 0.1) is 22.5 Å². The van der Waals surface area contributed by atoms with Crippen LogP contribution in [0.4, 0.5) is 10.1 Å². The zero-order valence-corrected chi connectivity index (χ0v) is 11.4. The van der Waals surface area contributed by atoms with E-state index in [0.717, 1.165) is 0 Å². The van der Waals surface area contributed by atoms with E-state index in [-0.39, 0.29) is 18.0 Å². The molecule has 0 amide bonds. The molecule has 6 heteroatoms. The number of aromatic nitrogens is 1. The highest BCUT2D eigenvalue weighted by Crippen LogP contribution is 2.26. The first kappa shape index (κ1) is 13.8. The van der Waals surface area contributed by atoms with E-state index in [1.807, 2.05) is 6.07 Å². The van der Waals surface area contributed by atoms with Gasteiger partial charge >= 0.3 is 0 Å². The minimum absolute atomic E-state index is 0.0763. The number of hydrogen-bond donors (Lipinski definition) is 0. The average molecular weight is 295 g/mol. The number of nitro groups is 1. The molecule has 0 saturated carbocycles. The number of non-ortho nitro benzene ring substituents is 1. The van der Waals surface area contributed by atoms with Crippen molar-refractivity contribution < 1.29 is 9.31 Å². The number of halogens is 1. The maximum atomic E-state index is 13.8. The number of nitro benzene ring substituents is 1. The molecular weight excluding hydrogens is 285 g/mol. The lowest BCUT2D eigenvalue weighted by Crippen LogP contribution is -2.00. The van der Waals surface area contributed by atoms with E-state index in [2.05, 4.69) is 0 Å². The third kappa shape index (κ3) is 2.29. The molecule has 0 aliphatic carbocycles. The van der Waals surface area contributed by atoms with Crippen LogP contribution in [0.5, 0.6) is 0 Å². The minimum atomic E-state index is -0.505. The van der Waals surface area contributed by atoms with Crippen LogP contribution in [0.1, 0.15) is 11.1 Å². The summed E-state index contributed by atoms with van der Waals surface area (Å²) in [6.07, 6.45) is 1.58. The maximum Gasteiger partial charge on any atom is 0.270 e. The highest BCUT2D eigenvalue weighted by atomic mass is 19.1. The molecule has 3 aromatic rings. The third-order valence-electron chi connectivity index (χ3n) is 3.49. The Kier molecular flexibility index (Phi) is 3.31. The lowest BCUT2D eigenvalue weighted by atomic mass is 10.1. The van der Waals surface area contributed by atoms with Gasteiger partial charge in [0.2, 0.25) is 0 Å². The molecule has 0 aliphatic heterocycles. The van der Waals surface area contributed by atoms with E-state index in [9.17, 15) is 19.8 Å². The van der Waals surface area contributed by atoms with Gasteiger partial charge in [-0.05, 0) is 12.1 Å². The molecule has 0 atom stereocenters. The van der Waals surface area contributed by atoms with Crippen LogP contribution in [0.3, 0.4) is 0 Å². The highest BCUT2D eigenvalue weighted by molar-refractivity contribution is 5.88. The normalized spacial score (nSPS) is 10.5. The first-order valence-corrected chi connectivity index (χ1v) is 6.51. The maximum absolute atomic E-state index is 13.8. The summed E-state index contributed by atoms with van der Waals surface area (Å²) in [5, 5.41) is 20.5. The van der Waals surface area contributed by atoms with Crippen LogP contribution < -0.4 is 0 Å². The first-order valence-electron chi connectivity index (χ1n) is 6.51. The van der Waals surface area contributed by atoms with Gasteiger partial charge in [0.15, 0.2) is 0 Å². The predicted molar refractivity (Wildman–Crippen MR) is 78.8 cm³/mol. The van der Waals surface area contributed by atoms with Gasteiger partial charge in [-0.15, -0.1) is 0 Å². The fourth-order valence-corrected chi connectivity index (χ4v) is 2.43. The Balaban J connectivity index is 2.13. The molecule has 1 heterocycles. The monoisotopic (exact) mass is 295 g/mol. The predicted octanol–water partition coefficient (Wildman–Crippen LogP) is 3.61. The largest absolute Gasteiger partial charge is 0.342 e. The first-order chi connectivity index (χ1) is 10.6. The van der Waals surface area contributed by atoms with Gasteiger partial charge in [-0.25, -0.2) is 4.39 Å². The van der Waals surface area contributed by atoms with Crippen LogP contribution in [0, 0.1) is 27.3 Å². The summed E-state index contributed by atoms with van der Waals surface area (Å²) in [5.74, 6) is -0.329. The van der Waals surface area contributed by atoms with Crippen molar-refractivity contribution >= 4 is 16.6 Å². The third-order valence-corrected chi connectivity index (χ3v) is 3.49. The van der Waals surface area contributed by atoms with E-state index in [0.29, 0.717) is 22.0 Å². The zero-order chi connectivity index (χ0) is 15.7. The van der Waals surface area contributed by atoms with Gasteiger partial charge in [0, 0.05) is 29.3 Å². The van der Waals surface area contributed by atoms with Crippen LogP contribution in [0.2, 0.25) is 0 Å². The van der Waals surface area contributed by atoms with E-state index in [4.69, 9.17) is 0 Å². The summed E-state index contributed by atoms with van der Waals surface area (Å²) in [6, 6.07) is 12.7. The Bertz CT molecular complexity index is 925. The highest BCUT2D eigenvalue weighted by Gasteiger charge is 2.14. The van der Waals surface area contributed by atoms with Crippen molar-refractivity contribution in [2.75, 3.05) is 0 Å². The fourth-order valence-electron chi connectivity index (χ4n) is 2.43. The van der Waals surface area contributed by atoms with Crippen molar-refractivity contribution in [2.45, 2.75) is 6.54 Å². The number of hydrogen-bond acceptors (Lipinski definition) is 3. The zero-order valence-electron chi connectivity index (χ0n) is 11.4. The van der Waals surface area contributed by atoms with Gasteiger partial charge in [-0.2, -0.15) is 5.26 Å². The van der Waals surface area contributed by atoms with Gasteiger partial charge in [0.25, 0.3) is 5.69 Å². The smallest absolute Gasteiger partial charge is 0.270 e. The second kappa shape index (κ2) is 5.30. The fraction of sp³-hybridized carbons (Fsp3) is 0.0625. The molecule has 22 heavy (non-hydrogen) atoms. The van der Waals surface area contributed by atoms with E-state index in [1.54, 1.807) is 35.0 Å². The number of nitrogens with zero attached hydrogens (tertiary/aromatic N) is 3. The van der Waals surface area contributed by atoms with E-state index in [1.165, 1.54) is 18.2 Å². The summed E-state index contributed by atoms with van der Waals surface area (Å²) in [4.78, 5) is 10.3. The van der Waals surface area contributed by atoms with Crippen molar-refractivity contribution in [1.29, 1.82) is 5.26 Å². The molecule has 5 nitrogen and oxygen atoms in total. The Labute approximate surface area is 125 Å². The molecule has 0 saturated heterocycles. The van der Waals surface area contributed by atoms with Crippen molar-refractivity contribution in [3.63, 3.8) is 0 Å². The molecular formula is C16H10FN3O2. The lowest BCUT2D eigenvalue weighted by Gasteiger charge is -2.06. The molecule has 0 aliphatic rings. The number of rotatable bonds is 3. The quantitative estimate of drug-likeness (QED) is 0.547. The SMILES string of the molecule is N#Cc1cn(Cc2ccccc2F)c2ccc([N+](=O)[O-])cc12. The average Bonchev–Trinajstić information content (AvgIpc) is 2.87. The van der Waals surface area contributed by atoms with Gasteiger partial charge < -0.3 is 4.57 Å². The number of fused-ring (bicyclic) bond motifs is 1. The number of nitriles is 1. The van der Waals surface area contributed by atoms with Crippen LogP contribution in [-0.4, -0.2) is 9.49 Å². The molecule has 0 bridgehead atoms. The summed E-state index contributed by atoms with van der Waals surface area (Å²) < 4.78 is 15.5. The van der Waals surface area contributed by atoms with E-state index >= 15 is 0 Å². The standard InChI is InChI=1S/C16H10FN3O2/c17-15-4-2-1-3-11(15)9-19-10-12(8-18)14-7-13(20(21)22)5-6-16(14)19/h1-7,10H,9H2. The van der Waals surface area contributed by atoms with Gasteiger partial charge in [-0.3, -0.25) is 10.1 Å². The summed E-state index contributed by atoms with van der Waals surface area (Å²) >= 11 is 0. The molecule has 3 rings (SSSR count). The molecule has 108 valence electrons. The second-order valence-corrected chi connectivity index (χ2v) is 4.83. The number of benzene rings is 2. The van der Waals surface area contributed by atoms with Crippen LogP contribution in [0.15, 0.2) is 48.7 Å². The van der Waals surface area contributed by atoms with E-state index < -0.39 is 4.92 Å². The molecule has 0 N–H and O–H groups in total. The molecule has 0 spiro atoms. The van der Waals surface area contributed by atoms with Crippen molar-refractivity contribution in [3.05, 3.63) is 75.7 Å². The van der Waals surface area contributed by atoms with Crippen LogP contribution in [-0.2, 0) is 6.54 Å². The van der Waals surface area contributed by atoms with Gasteiger partial charge in [-0.1, -0.05) is 18.2 Å². The Hall–Kier alpha value is -3.20. The van der Waals surface area contributed by atoms with Crippen molar-refractivity contribution in [1.82, 2.24) is 4.57 Å². The van der Waals surface area contributed by atoms with Crippen LogP contribution in [0.25, 0.3) is 10.9 Å². The summed E-state index contributed by atoms with van der Waals surface area (Å²) in [5.41, 5.74) is 1.40. The van der Waals surface area contributed by atoms with Gasteiger partial charge in [0.1, 0.15) is 11.9 Å². The second-order valence-electron chi connectivity index (χ2n) is 4.83. The molecule has 0 radical (unpaired) electrons. The Morgan fingerprint density at radius 2 is 2.05 bits per heavy atom. The summed E-state index contributed by atoms with van der Waals surface area (Å²) in [6.45, 7) is 0.253. The lowest BCUT2D eigenvalue weighted by molar-refractivity contribution is -0.384. The Morgan fingerprint density at radius 1 is 1.27 bits per heavy atom. The molecule has 1 aromatic heterocycles. The molecule has 0 unspecified atom stereocenters. The molecule has 2 aromatic carbocycles. The van der Waals surface area contributed by atoms with Crippen LogP contribution >= 0.6 is 0 Å². The summed E-state index contributed by atoms with van der Waals surface area (Å²) in [7, 11) is 0.